The van der Waals surface area contributed by atoms with Crippen LogP contribution in [0.1, 0.15) is 49.2 Å². The highest BCUT2D eigenvalue weighted by molar-refractivity contribution is 5.97. The fourth-order valence-corrected chi connectivity index (χ4v) is 2.73. The molecule has 0 bridgehead atoms. The number of aromatic carboxylic acids is 1. The predicted molar refractivity (Wildman–Crippen MR) is 99.9 cm³/mol. The summed E-state index contributed by atoms with van der Waals surface area (Å²) in [6.45, 7) is 8.08. The lowest BCUT2D eigenvalue weighted by molar-refractivity contribution is -0.125. The summed E-state index contributed by atoms with van der Waals surface area (Å²) in [6.07, 6.45) is 0.819. The first-order chi connectivity index (χ1) is 11.7. The van der Waals surface area contributed by atoms with Gasteiger partial charge in [0.25, 0.3) is 0 Å². The Morgan fingerprint density at radius 1 is 1.04 bits per heavy atom. The van der Waals surface area contributed by atoms with Crippen LogP contribution in [0.3, 0.4) is 0 Å². The van der Waals surface area contributed by atoms with Crippen molar-refractivity contribution in [2.24, 2.45) is 5.41 Å². The Morgan fingerprint density at radius 2 is 1.72 bits per heavy atom. The molecule has 4 nitrogen and oxygen atoms in total. The Kier molecular flexibility index (Phi) is 5.62. The molecule has 132 valence electrons. The summed E-state index contributed by atoms with van der Waals surface area (Å²) in [4.78, 5) is 26.1. The maximum atomic E-state index is 13.1. The quantitative estimate of drug-likeness (QED) is 0.871. The van der Waals surface area contributed by atoms with Crippen molar-refractivity contribution in [2.45, 2.75) is 40.7 Å². The standard InChI is InChI=1S/C21H25NO3/c1-5-16-10-6-7-12-18(16)22(20(25)21(2,3)4)14-15-9-8-11-17(13-15)19(23)24/h6-13H,5,14H2,1-4H3,(H,23,24). The van der Waals surface area contributed by atoms with Crippen LogP contribution in [0.15, 0.2) is 48.5 Å². The number of benzene rings is 2. The van der Waals surface area contributed by atoms with E-state index in [2.05, 4.69) is 6.92 Å². The first-order valence-electron chi connectivity index (χ1n) is 8.46. The largest absolute Gasteiger partial charge is 0.478 e. The number of para-hydroxylation sites is 1. The lowest BCUT2D eigenvalue weighted by Gasteiger charge is -2.31. The lowest BCUT2D eigenvalue weighted by atomic mass is 9.93. The van der Waals surface area contributed by atoms with E-state index in [9.17, 15) is 14.7 Å². The van der Waals surface area contributed by atoms with Gasteiger partial charge in [-0.2, -0.15) is 0 Å². The van der Waals surface area contributed by atoms with E-state index in [4.69, 9.17) is 0 Å². The van der Waals surface area contributed by atoms with Crippen molar-refractivity contribution in [3.63, 3.8) is 0 Å². The molecule has 0 saturated heterocycles. The van der Waals surface area contributed by atoms with Crippen molar-refractivity contribution in [1.82, 2.24) is 0 Å². The average Bonchev–Trinajstić information content (AvgIpc) is 2.58. The number of rotatable bonds is 5. The van der Waals surface area contributed by atoms with Crippen LogP contribution in [0.4, 0.5) is 5.69 Å². The molecule has 0 fully saturated rings. The van der Waals surface area contributed by atoms with Crippen LogP contribution in [0, 0.1) is 5.41 Å². The summed E-state index contributed by atoms with van der Waals surface area (Å²) in [7, 11) is 0. The van der Waals surface area contributed by atoms with Gasteiger partial charge < -0.3 is 10.0 Å². The summed E-state index contributed by atoms with van der Waals surface area (Å²) >= 11 is 0. The van der Waals surface area contributed by atoms with Crippen molar-refractivity contribution in [1.29, 1.82) is 0 Å². The zero-order chi connectivity index (χ0) is 18.6. The fraction of sp³-hybridized carbons (Fsp3) is 0.333. The van der Waals surface area contributed by atoms with Crippen LogP contribution in [-0.2, 0) is 17.8 Å². The molecule has 0 aliphatic carbocycles. The number of amides is 1. The molecule has 25 heavy (non-hydrogen) atoms. The van der Waals surface area contributed by atoms with Gasteiger partial charge in [0.15, 0.2) is 0 Å². The summed E-state index contributed by atoms with van der Waals surface area (Å²) in [6, 6.07) is 14.6. The fourth-order valence-electron chi connectivity index (χ4n) is 2.73. The van der Waals surface area contributed by atoms with Crippen molar-refractivity contribution >= 4 is 17.6 Å². The maximum Gasteiger partial charge on any atom is 0.335 e. The maximum absolute atomic E-state index is 13.1. The molecule has 0 aromatic heterocycles. The van der Waals surface area contributed by atoms with Gasteiger partial charge in [0.1, 0.15) is 0 Å². The van der Waals surface area contributed by atoms with Gasteiger partial charge in [-0.1, -0.05) is 58.0 Å². The third-order valence-electron chi connectivity index (χ3n) is 4.06. The summed E-state index contributed by atoms with van der Waals surface area (Å²) in [5, 5.41) is 9.20. The topological polar surface area (TPSA) is 57.6 Å². The van der Waals surface area contributed by atoms with Crippen molar-refractivity contribution < 1.29 is 14.7 Å². The second-order valence-electron chi connectivity index (χ2n) is 7.13. The van der Waals surface area contributed by atoms with E-state index in [0.717, 1.165) is 23.2 Å². The highest BCUT2D eigenvalue weighted by Gasteiger charge is 2.29. The lowest BCUT2D eigenvalue weighted by Crippen LogP contribution is -2.39. The van der Waals surface area contributed by atoms with Crippen LogP contribution >= 0.6 is 0 Å². The van der Waals surface area contributed by atoms with Gasteiger partial charge in [-0.3, -0.25) is 4.79 Å². The number of carboxylic acids is 1. The number of hydrogen-bond donors (Lipinski definition) is 1. The molecule has 0 aliphatic heterocycles. The number of carboxylic acid groups (broad SMARTS) is 1. The molecule has 2 aromatic carbocycles. The van der Waals surface area contributed by atoms with E-state index in [0.29, 0.717) is 6.54 Å². The van der Waals surface area contributed by atoms with Gasteiger partial charge in [0.05, 0.1) is 12.1 Å². The van der Waals surface area contributed by atoms with Crippen LogP contribution in [0.25, 0.3) is 0 Å². The molecule has 2 rings (SSSR count). The Balaban J connectivity index is 2.47. The van der Waals surface area contributed by atoms with Crippen LogP contribution in [-0.4, -0.2) is 17.0 Å². The number of aryl methyl sites for hydroxylation is 1. The number of nitrogens with zero attached hydrogens (tertiary/aromatic N) is 1. The second kappa shape index (κ2) is 7.51. The summed E-state index contributed by atoms with van der Waals surface area (Å²) < 4.78 is 0. The minimum Gasteiger partial charge on any atom is -0.478 e. The van der Waals surface area contributed by atoms with Gasteiger partial charge in [0.2, 0.25) is 5.91 Å². The molecule has 0 heterocycles. The van der Waals surface area contributed by atoms with E-state index in [1.165, 1.54) is 0 Å². The molecule has 0 atom stereocenters. The molecule has 1 amide bonds. The molecule has 0 saturated carbocycles. The summed E-state index contributed by atoms with van der Waals surface area (Å²) in [5.74, 6) is -0.960. The first-order valence-corrected chi connectivity index (χ1v) is 8.46. The molecular weight excluding hydrogens is 314 g/mol. The van der Waals surface area contributed by atoms with Gasteiger partial charge in [-0.15, -0.1) is 0 Å². The predicted octanol–water partition coefficient (Wildman–Crippen LogP) is 4.53. The Labute approximate surface area is 149 Å². The van der Waals surface area contributed by atoms with E-state index < -0.39 is 11.4 Å². The molecule has 2 aromatic rings. The van der Waals surface area contributed by atoms with Gasteiger partial charge >= 0.3 is 5.97 Å². The average molecular weight is 339 g/mol. The van der Waals surface area contributed by atoms with Crippen molar-refractivity contribution in [2.75, 3.05) is 4.90 Å². The zero-order valence-electron chi connectivity index (χ0n) is 15.2. The van der Waals surface area contributed by atoms with Gasteiger partial charge in [-0.25, -0.2) is 4.79 Å². The van der Waals surface area contributed by atoms with E-state index >= 15 is 0 Å². The van der Waals surface area contributed by atoms with Gasteiger partial charge in [-0.05, 0) is 35.7 Å². The third kappa shape index (κ3) is 4.47. The Hall–Kier alpha value is -2.62. The number of hydrogen-bond acceptors (Lipinski definition) is 2. The Morgan fingerprint density at radius 3 is 2.32 bits per heavy atom. The Bertz CT molecular complexity index is 775. The smallest absolute Gasteiger partial charge is 0.335 e. The normalized spacial score (nSPS) is 11.2. The highest BCUT2D eigenvalue weighted by Crippen LogP contribution is 2.28. The summed E-state index contributed by atoms with van der Waals surface area (Å²) in [5.41, 5.74) is 2.46. The number of carbonyl (C=O) groups excluding carboxylic acids is 1. The molecule has 1 N–H and O–H groups in total. The number of carbonyl (C=O) groups is 2. The molecule has 0 unspecified atom stereocenters. The van der Waals surface area contributed by atoms with Crippen LogP contribution < -0.4 is 4.90 Å². The van der Waals surface area contributed by atoms with E-state index in [1.807, 2.05) is 51.1 Å². The van der Waals surface area contributed by atoms with E-state index in [1.54, 1.807) is 23.1 Å². The SMILES string of the molecule is CCc1ccccc1N(Cc1cccc(C(=O)O)c1)C(=O)C(C)(C)C. The van der Waals surface area contributed by atoms with Gasteiger partial charge in [0, 0.05) is 11.1 Å². The van der Waals surface area contributed by atoms with Crippen molar-refractivity contribution in [3.8, 4) is 0 Å². The minimum absolute atomic E-state index is 0.00845. The molecule has 0 aliphatic rings. The van der Waals surface area contributed by atoms with Crippen molar-refractivity contribution in [3.05, 3.63) is 65.2 Å². The third-order valence-corrected chi connectivity index (χ3v) is 4.06. The molecule has 0 radical (unpaired) electrons. The monoisotopic (exact) mass is 339 g/mol. The van der Waals surface area contributed by atoms with Crippen LogP contribution in [0.2, 0.25) is 0 Å². The molecular formula is C21H25NO3. The zero-order valence-corrected chi connectivity index (χ0v) is 15.2. The second-order valence-corrected chi connectivity index (χ2v) is 7.13. The highest BCUT2D eigenvalue weighted by atomic mass is 16.4. The van der Waals surface area contributed by atoms with Crippen LogP contribution in [0.5, 0.6) is 0 Å². The molecule has 4 heteroatoms. The number of anilines is 1. The molecule has 0 spiro atoms. The minimum atomic E-state index is -0.968. The first kappa shape index (κ1) is 18.7. The van der Waals surface area contributed by atoms with E-state index in [-0.39, 0.29) is 11.5 Å².